The molecule has 19 heavy (non-hydrogen) atoms. The molecule has 0 amide bonds. The Kier molecular flexibility index (Phi) is 1.90. The Morgan fingerprint density at radius 2 is 2.21 bits per heavy atom. The smallest absolute Gasteiger partial charge is 0.352 e. The van der Waals surface area contributed by atoms with Crippen LogP contribution in [0.1, 0.15) is 21.9 Å². The minimum absolute atomic E-state index is 0.248. The molecule has 0 saturated heterocycles. The average Bonchev–Trinajstić information content (AvgIpc) is 3.01. The number of aromatic carboxylic acids is 1. The lowest BCUT2D eigenvalue weighted by atomic mass is 9.99. The molecule has 0 unspecified atom stereocenters. The lowest BCUT2D eigenvalue weighted by Crippen LogP contribution is -2.10. The number of fused-ring (bicyclic) bond motifs is 5. The fourth-order valence-corrected chi connectivity index (χ4v) is 2.74. The van der Waals surface area contributed by atoms with Crippen molar-refractivity contribution in [1.82, 2.24) is 9.38 Å². The van der Waals surface area contributed by atoms with Crippen LogP contribution in [0, 0.1) is 0 Å². The Balaban J connectivity index is 2.11. The van der Waals surface area contributed by atoms with Crippen LogP contribution in [-0.2, 0) is 12.8 Å². The molecule has 3 heterocycles. The van der Waals surface area contributed by atoms with Gasteiger partial charge in [0.05, 0.1) is 17.7 Å². The molecule has 4 rings (SSSR count). The van der Waals surface area contributed by atoms with Crippen LogP contribution in [0.4, 0.5) is 0 Å². The Bertz CT molecular complexity index is 813. The summed E-state index contributed by atoms with van der Waals surface area (Å²) in [5, 5.41) is 9.29. The maximum absolute atomic E-state index is 11.3. The number of aryl methyl sites for hydroxylation is 2. The molecule has 1 N–H and O–H groups in total. The minimum atomic E-state index is -0.941. The van der Waals surface area contributed by atoms with Gasteiger partial charge >= 0.3 is 5.97 Å². The Labute approximate surface area is 108 Å². The molecular formula is C14H10N2O3. The average molecular weight is 254 g/mol. The number of nitrogens with zero attached hydrogens (tertiary/aromatic N) is 2. The summed E-state index contributed by atoms with van der Waals surface area (Å²) in [6, 6.07) is 7.03. The van der Waals surface area contributed by atoms with E-state index in [-0.39, 0.29) is 5.69 Å². The molecule has 0 fully saturated rings. The molecule has 3 aromatic heterocycles. The summed E-state index contributed by atoms with van der Waals surface area (Å²) in [7, 11) is 0. The molecule has 0 aliphatic heterocycles. The highest BCUT2D eigenvalue weighted by Crippen LogP contribution is 2.34. The fraction of sp³-hybridized carbons (Fsp3) is 0.143. The van der Waals surface area contributed by atoms with Gasteiger partial charge in [-0.25, -0.2) is 9.78 Å². The van der Waals surface area contributed by atoms with Gasteiger partial charge in [0.1, 0.15) is 17.1 Å². The highest BCUT2D eigenvalue weighted by Gasteiger charge is 2.25. The number of carboxylic acids is 1. The summed E-state index contributed by atoms with van der Waals surface area (Å²) >= 11 is 0. The SMILES string of the molecule is O=C(O)c1cccc2nc3c(n12)CCc1occc1-3. The van der Waals surface area contributed by atoms with E-state index in [1.807, 2.05) is 12.1 Å². The van der Waals surface area contributed by atoms with E-state index in [0.29, 0.717) is 5.65 Å². The van der Waals surface area contributed by atoms with Crippen molar-refractivity contribution < 1.29 is 14.3 Å². The predicted octanol–water partition coefficient (Wildman–Crippen LogP) is 2.39. The van der Waals surface area contributed by atoms with Crippen LogP contribution in [0.5, 0.6) is 0 Å². The van der Waals surface area contributed by atoms with Crippen LogP contribution >= 0.6 is 0 Å². The van der Waals surface area contributed by atoms with Gasteiger partial charge in [-0.1, -0.05) is 6.07 Å². The van der Waals surface area contributed by atoms with Crippen molar-refractivity contribution in [3.8, 4) is 11.3 Å². The van der Waals surface area contributed by atoms with Gasteiger partial charge in [-0.2, -0.15) is 0 Å². The van der Waals surface area contributed by atoms with Gasteiger partial charge in [-0.3, -0.25) is 4.40 Å². The van der Waals surface area contributed by atoms with Crippen LogP contribution in [-0.4, -0.2) is 20.5 Å². The van der Waals surface area contributed by atoms with Crippen LogP contribution < -0.4 is 0 Å². The van der Waals surface area contributed by atoms with Crippen molar-refractivity contribution in [2.45, 2.75) is 12.8 Å². The second-order valence-corrected chi connectivity index (χ2v) is 4.57. The zero-order chi connectivity index (χ0) is 13.0. The van der Waals surface area contributed by atoms with Gasteiger partial charge in [-0.05, 0) is 24.6 Å². The third-order valence-electron chi connectivity index (χ3n) is 3.55. The van der Waals surface area contributed by atoms with Crippen molar-refractivity contribution in [3.63, 3.8) is 0 Å². The summed E-state index contributed by atoms with van der Waals surface area (Å²) < 4.78 is 7.15. The highest BCUT2D eigenvalue weighted by atomic mass is 16.4. The minimum Gasteiger partial charge on any atom is -0.477 e. The van der Waals surface area contributed by atoms with Gasteiger partial charge in [0.15, 0.2) is 0 Å². The highest BCUT2D eigenvalue weighted by molar-refractivity contribution is 5.87. The third kappa shape index (κ3) is 1.29. The van der Waals surface area contributed by atoms with E-state index in [1.54, 1.807) is 22.8 Å². The molecule has 1 aliphatic carbocycles. The van der Waals surface area contributed by atoms with E-state index in [1.165, 1.54) is 0 Å². The second-order valence-electron chi connectivity index (χ2n) is 4.57. The molecule has 0 bridgehead atoms. The van der Waals surface area contributed by atoms with Gasteiger partial charge in [0.2, 0.25) is 0 Å². The van der Waals surface area contributed by atoms with Crippen molar-refractivity contribution in [2.75, 3.05) is 0 Å². The molecule has 5 nitrogen and oxygen atoms in total. The first-order chi connectivity index (χ1) is 9.25. The van der Waals surface area contributed by atoms with Crippen LogP contribution in [0.25, 0.3) is 16.9 Å². The van der Waals surface area contributed by atoms with Crippen molar-refractivity contribution in [1.29, 1.82) is 0 Å². The second kappa shape index (κ2) is 3.47. The van der Waals surface area contributed by atoms with Gasteiger partial charge < -0.3 is 9.52 Å². The summed E-state index contributed by atoms with van der Waals surface area (Å²) in [6.45, 7) is 0. The maximum Gasteiger partial charge on any atom is 0.352 e. The zero-order valence-electron chi connectivity index (χ0n) is 9.96. The maximum atomic E-state index is 11.3. The van der Waals surface area contributed by atoms with Crippen LogP contribution in [0.15, 0.2) is 34.9 Å². The van der Waals surface area contributed by atoms with E-state index in [2.05, 4.69) is 4.98 Å². The van der Waals surface area contributed by atoms with E-state index >= 15 is 0 Å². The molecule has 94 valence electrons. The first kappa shape index (κ1) is 10.4. The van der Waals surface area contributed by atoms with Crippen LogP contribution in [0.2, 0.25) is 0 Å². The van der Waals surface area contributed by atoms with Gasteiger partial charge in [0.25, 0.3) is 0 Å². The first-order valence-electron chi connectivity index (χ1n) is 6.06. The number of hydrogen-bond donors (Lipinski definition) is 1. The standard InChI is InChI=1S/C14H10N2O3/c17-14(18)10-2-1-3-12-15-13-8-6-7-19-11(8)5-4-9(13)16(10)12/h1-3,6-7H,4-5H2,(H,17,18). The topological polar surface area (TPSA) is 67.7 Å². The molecule has 3 aromatic rings. The van der Waals surface area contributed by atoms with E-state index in [9.17, 15) is 9.90 Å². The Morgan fingerprint density at radius 1 is 1.32 bits per heavy atom. The van der Waals surface area contributed by atoms with E-state index in [0.717, 1.165) is 35.6 Å². The quantitative estimate of drug-likeness (QED) is 0.724. The fourth-order valence-electron chi connectivity index (χ4n) is 2.74. The monoisotopic (exact) mass is 254 g/mol. The van der Waals surface area contributed by atoms with Crippen molar-refractivity contribution in [2.24, 2.45) is 0 Å². The number of carbonyl (C=O) groups is 1. The van der Waals surface area contributed by atoms with Crippen molar-refractivity contribution in [3.05, 3.63) is 47.7 Å². The molecule has 0 saturated carbocycles. The normalized spacial score (nSPS) is 13.3. The first-order valence-corrected chi connectivity index (χ1v) is 6.06. The van der Waals surface area contributed by atoms with E-state index in [4.69, 9.17) is 4.42 Å². The molecule has 5 heteroatoms. The predicted molar refractivity (Wildman–Crippen MR) is 67.3 cm³/mol. The molecule has 0 radical (unpaired) electrons. The number of aromatic nitrogens is 2. The molecular weight excluding hydrogens is 244 g/mol. The van der Waals surface area contributed by atoms with Crippen LogP contribution in [0.3, 0.4) is 0 Å². The Morgan fingerprint density at radius 3 is 3.05 bits per heavy atom. The van der Waals surface area contributed by atoms with Crippen molar-refractivity contribution >= 4 is 11.6 Å². The largest absolute Gasteiger partial charge is 0.477 e. The number of pyridine rings is 1. The number of hydrogen-bond acceptors (Lipinski definition) is 3. The third-order valence-corrected chi connectivity index (χ3v) is 3.55. The summed E-state index contributed by atoms with van der Waals surface area (Å²) in [6.07, 6.45) is 3.17. The Hall–Kier alpha value is -2.56. The van der Waals surface area contributed by atoms with E-state index < -0.39 is 5.97 Å². The number of carboxylic acid groups (broad SMARTS) is 1. The lowest BCUT2D eigenvalue weighted by molar-refractivity contribution is 0.0688. The summed E-state index contributed by atoms with van der Waals surface area (Å²) in [5.74, 6) is -0.0171. The molecule has 1 aliphatic rings. The summed E-state index contributed by atoms with van der Waals surface area (Å²) in [5.41, 5.74) is 3.67. The molecule has 0 aromatic carbocycles. The number of rotatable bonds is 1. The molecule has 0 spiro atoms. The number of imidazole rings is 1. The summed E-state index contributed by atoms with van der Waals surface area (Å²) in [4.78, 5) is 15.9. The van der Waals surface area contributed by atoms with Gasteiger partial charge in [0, 0.05) is 12.0 Å². The molecule has 0 atom stereocenters. The lowest BCUT2D eigenvalue weighted by Gasteiger charge is -2.11. The van der Waals surface area contributed by atoms with Gasteiger partial charge in [-0.15, -0.1) is 0 Å². The number of furan rings is 1. The zero-order valence-corrected chi connectivity index (χ0v) is 9.96.